The average molecular weight is 414 g/mol. The Balaban J connectivity index is 1.32. The minimum atomic E-state index is -0.134. The molecule has 4 rings (SSSR count). The number of hydrogen-bond donors (Lipinski definition) is 0. The van der Waals surface area contributed by atoms with Gasteiger partial charge in [0, 0.05) is 45.2 Å². The number of aryl methyl sites for hydroxylation is 1. The van der Waals surface area contributed by atoms with Gasteiger partial charge in [-0.3, -0.25) is 4.79 Å². The molecule has 2 aliphatic heterocycles. The van der Waals surface area contributed by atoms with Crippen molar-refractivity contribution in [2.45, 2.75) is 51.0 Å². The predicted octanol–water partition coefficient (Wildman–Crippen LogP) is 3.21. The standard InChI is InChI=1S/C23H31N3O4/c1-17-4-3-5-19(14-17)22(27)26-10-8-23(9-11-26)16-18(6-13-29-23)15-21-24-20(25-30-21)7-12-28-2/h3-5,14,18H,6-13,15-16H2,1-2H3. The Bertz CT molecular complexity index is 858. The van der Waals surface area contributed by atoms with Gasteiger partial charge in [-0.25, -0.2) is 0 Å². The van der Waals surface area contributed by atoms with Crippen LogP contribution in [0.15, 0.2) is 28.8 Å². The lowest BCUT2D eigenvalue weighted by Crippen LogP contribution is -2.51. The Kier molecular flexibility index (Phi) is 6.49. The van der Waals surface area contributed by atoms with E-state index in [1.54, 1.807) is 7.11 Å². The van der Waals surface area contributed by atoms with E-state index in [1.165, 1.54) is 0 Å². The highest BCUT2D eigenvalue weighted by Crippen LogP contribution is 2.39. The van der Waals surface area contributed by atoms with E-state index in [-0.39, 0.29) is 11.5 Å². The summed E-state index contributed by atoms with van der Waals surface area (Å²) in [6.07, 6.45) is 5.20. The van der Waals surface area contributed by atoms with Gasteiger partial charge < -0.3 is 18.9 Å². The fourth-order valence-electron chi connectivity index (χ4n) is 4.64. The molecule has 7 nitrogen and oxygen atoms in total. The molecule has 2 aliphatic rings. The first kappa shape index (κ1) is 21.0. The van der Waals surface area contributed by atoms with Gasteiger partial charge in [-0.15, -0.1) is 0 Å². The molecule has 0 bridgehead atoms. The number of carbonyl (C=O) groups is 1. The van der Waals surface area contributed by atoms with Crippen LogP contribution >= 0.6 is 0 Å². The number of carbonyl (C=O) groups excluding carboxylic acids is 1. The highest BCUT2D eigenvalue weighted by molar-refractivity contribution is 5.94. The Morgan fingerprint density at radius 1 is 1.33 bits per heavy atom. The van der Waals surface area contributed by atoms with Crippen LogP contribution in [0.5, 0.6) is 0 Å². The molecule has 1 aromatic heterocycles. The largest absolute Gasteiger partial charge is 0.384 e. The highest BCUT2D eigenvalue weighted by Gasteiger charge is 2.41. The molecule has 0 radical (unpaired) electrons. The van der Waals surface area contributed by atoms with E-state index in [0.29, 0.717) is 30.7 Å². The van der Waals surface area contributed by atoms with Crippen LogP contribution in [0.1, 0.15) is 53.3 Å². The molecular formula is C23H31N3O4. The van der Waals surface area contributed by atoms with Crippen molar-refractivity contribution in [1.82, 2.24) is 15.0 Å². The van der Waals surface area contributed by atoms with Crippen LogP contribution in [-0.4, -0.2) is 60.0 Å². The summed E-state index contributed by atoms with van der Waals surface area (Å²) in [6.45, 7) is 4.84. The van der Waals surface area contributed by atoms with Crippen LogP contribution < -0.4 is 0 Å². The lowest BCUT2D eigenvalue weighted by atomic mass is 9.78. The second-order valence-corrected chi connectivity index (χ2v) is 8.60. The molecule has 162 valence electrons. The minimum absolute atomic E-state index is 0.121. The number of hydrogen-bond acceptors (Lipinski definition) is 6. The number of nitrogens with zero attached hydrogens (tertiary/aromatic N) is 3. The van der Waals surface area contributed by atoms with Gasteiger partial charge >= 0.3 is 0 Å². The number of benzene rings is 1. The molecular weight excluding hydrogens is 382 g/mol. The number of amides is 1. The fraction of sp³-hybridized carbons (Fsp3) is 0.609. The first-order chi connectivity index (χ1) is 14.6. The van der Waals surface area contributed by atoms with Crippen LogP contribution in [0.3, 0.4) is 0 Å². The zero-order valence-electron chi connectivity index (χ0n) is 17.9. The van der Waals surface area contributed by atoms with Gasteiger partial charge in [0.15, 0.2) is 5.82 Å². The fourth-order valence-corrected chi connectivity index (χ4v) is 4.64. The third-order valence-electron chi connectivity index (χ3n) is 6.33. The molecule has 1 spiro atoms. The second kappa shape index (κ2) is 9.27. The van der Waals surface area contributed by atoms with Crippen LogP contribution in [0.25, 0.3) is 0 Å². The number of rotatable bonds is 6. The molecule has 2 aromatic rings. The van der Waals surface area contributed by atoms with Crippen LogP contribution in [0.2, 0.25) is 0 Å². The summed E-state index contributed by atoms with van der Waals surface area (Å²) in [7, 11) is 1.67. The normalized spacial score (nSPS) is 21.1. The summed E-state index contributed by atoms with van der Waals surface area (Å²) in [5, 5.41) is 4.05. The molecule has 0 saturated carbocycles. The zero-order chi connectivity index (χ0) is 21.0. The van der Waals surface area contributed by atoms with Crippen molar-refractivity contribution >= 4 is 5.91 Å². The van der Waals surface area contributed by atoms with Gasteiger partial charge in [0.25, 0.3) is 5.91 Å². The zero-order valence-corrected chi connectivity index (χ0v) is 17.9. The van der Waals surface area contributed by atoms with Crippen LogP contribution in [0, 0.1) is 12.8 Å². The van der Waals surface area contributed by atoms with Gasteiger partial charge in [0.1, 0.15) is 0 Å². The topological polar surface area (TPSA) is 77.7 Å². The van der Waals surface area contributed by atoms with E-state index in [0.717, 1.165) is 62.9 Å². The number of likely N-dealkylation sites (tertiary alicyclic amines) is 1. The first-order valence-electron chi connectivity index (χ1n) is 10.9. The molecule has 1 aromatic carbocycles. The van der Waals surface area contributed by atoms with E-state index in [4.69, 9.17) is 14.0 Å². The number of methoxy groups -OCH3 is 1. The summed E-state index contributed by atoms with van der Waals surface area (Å²) in [5.74, 6) is 2.00. The Hall–Kier alpha value is -2.25. The van der Waals surface area contributed by atoms with Crippen molar-refractivity contribution in [2.75, 3.05) is 33.4 Å². The van der Waals surface area contributed by atoms with Gasteiger partial charge in [-0.05, 0) is 50.7 Å². The van der Waals surface area contributed by atoms with Crippen LogP contribution in [0.4, 0.5) is 0 Å². The molecule has 0 aliphatic carbocycles. The van der Waals surface area contributed by atoms with Crippen molar-refractivity contribution in [1.29, 1.82) is 0 Å². The molecule has 1 unspecified atom stereocenters. The highest BCUT2D eigenvalue weighted by atomic mass is 16.5. The van der Waals surface area contributed by atoms with Crippen molar-refractivity contribution in [2.24, 2.45) is 5.92 Å². The quantitative estimate of drug-likeness (QED) is 0.724. The van der Waals surface area contributed by atoms with Crippen LogP contribution in [-0.2, 0) is 22.3 Å². The summed E-state index contributed by atoms with van der Waals surface area (Å²) in [6, 6.07) is 7.83. The summed E-state index contributed by atoms with van der Waals surface area (Å²) in [5.41, 5.74) is 1.75. The number of ether oxygens (including phenoxy) is 2. The molecule has 2 fully saturated rings. The summed E-state index contributed by atoms with van der Waals surface area (Å²) < 4.78 is 16.8. The molecule has 1 amide bonds. The van der Waals surface area contributed by atoms with E-state index < -0.39 is 0 Å². The number of aromatic nitrogens is 2. The third kappa shape index (κ3) is 4.90. The third-order valence-corrected chi connectivity index (χ3v) is 6.33. The summed E-state index contributed by atoms with van der Waals surface area (Å²) in [4.78, 5) is 19.3. The molecule has 7 heteroatoms. The predicted molar refractivity (Wildman–Crippen MR) is 111 cm³/mol. The lowest BCUT2D eigenvalue weighted by Gasteiger charge is -2.46. The molecule has 2 saturated heterocycles. The van der Waals surface area contributed by atoms with Gasteiger partial charge in [0.05, 0.1) is 12.2 Å². The maximum absolute atomic E-state index is 12.9. The van der Waals surface area contributed by atoms with Gasteiger partial charge in [-0.2, -0.15) is 4.98 Å². The maximum Gasteiger partial charge on any atom is 0.253 e. The maximum atomic E-state index is 12.9. The second-order valence-electron chi connectivity index (χ2n) is 8.60. The van der Waals surface area contributed by atoms with E-state index in [2.05, 4.69) is 10.1 Å². The van der Waals surface area contributed by atoms with E-state index in [9.17, 15) is 4.79 Å². The van der Waals surface area contributed by atoms with Gasteiger partial charge in [0.2, 0.25) is 5.89 Å². The minimum Gasteiger partial charge on any atom is -0.384 e. The smallest absolute Gasteiger partial charge is 0.253 e. The molecule has 0 N–H and O–H groups in total. The summed E-state index contributed by atoms with van der Waals surface area (Å²) >= 11 is 0. The lowest BCUT2D eigenvalue weighted by molar-refractivity contribution is -0.124. The Morgan fingerprint density at radius 2 is 2.17 bits per heavy atom. The first-order valence-corrected chi connectivity index (χ1v) is 10.9. The SMILES string of the molecule is COCCc1noc(CC2CCOC3(CCN(C(=O)c4cccc(C)c4)CC3)C2)n1. The van der Waals surface area contributed by atoms with Crippen molar-refractivity contribution in [3.05, 3.63) is 47.1 Å². The van der Waals surface area contributed by atoms with E-state index in [1.807, 2.05) is 36.1 Å². The van der Waals surface area contributed by atoms with Crippen molar-refractivity contribution < 1.29 is 18.8 Å². The average Bonchev–Trinajstić information content (AvgIpc) is 3.19. The van der Waals surface area contributed by atoms with Gasteiger partial charge in [-0.1, -0.05) is 22.9 Å². The molecule has 30 heavy (non-hydrogen) atoms. The number of piperidine rings is 1. The van der Waals surface area contributed by atoms with Crippen molar-refractivity contribution in [3.8, 4) is 0 Å². The molecule has 1 atom stereocenters. The Labute approximate surface area is 177 Å². The van der Waals surface area contributed by atoms with E-state index >= 15 is 0 Å². The molecule has 3 heterocycles. The van der Waals surface area contributed by atoms with Crippen molar-refractivity contribution in [3.63, 3.8) is 0 Å². The monoisotopic (exact) mass is 413 g/mol. The Morgan fingerprint density at radius 3 is 2.93 bits per heavy atom.